The average Bonchev–Trinajstić information content (AvgIpc) is 2.29. The van der Waals surface area contributed by atoms with Crippen molar-refractivity contribution in [3.05, 3.63) is 35.5 Å². The van der Waals surface area contributed by atoms with Crippen LogP contribution in [0.1, 0.15) is 26.7 Å². The predicted molar refractivity (Wildman–Crippen MR) is 69.9 cm³/mol. The molecule has 0 aliphatic heterocycles. The second-order valence-electron chi connectivity index (χ2n) is 5.87. The maximum absolute atomic E-state index is 12.3. The van der Waals surface area contributed by atoms with Gasteiger partial charge in [0.1, 0.15) is 0 Å². The smallest absolute Gasteiger partial charge is 0.160 e. The summed E-state index contributed by atoms with van der Waals surface area (Å²) in [6.45, 7) is 4.12. The van der Waals surface area contributed by atoms with Crippen LogP contribution >= 0.6 is 0 Å². The highest BCUT2D eigenvalue weighted by Crippen LogP contribution is 2.46. The summed E-state index contributed by atoms with van der Waals surface area (Å²) >= 11 is 0. The first-order valence-electron chi connectivity index (χ1n) is 6.67. The molecule has 0 aromatic heterocycles. The highest BCUT2D eigenvalue weighted by Gasteiger charge is 2.46. The topological polar surface area (TPSA) is 34.1 Å². The van der Waals surface area contributed by atoms with Crippen molar-refractivity contribution in [2.24, 2.45) is 23.7 Å². The normalized spacial score (nSPS) is 38.8. The Morgan fingerprint density at radius 3 is 2.67 bits per heavy atom. The summed E-state index contributed by atoms with van der Waals surface area (Å²) in [5.74, 6) is 0.571. The van der Waals surface area contributed by atoms with Crippen molar-refractivity contribution in [3.8, 4) is 0 Å². The Balaban J connectivity index is 2.07. The van der Waals surface area contributed by atoms with Gasteiger partial charge in [0.05, 0.1) is 0 Å². The van der Waals surface area contributed by atoms with Crippen LogP contribution in [-0.4, -0.2) is 11.6 Å². The second-order valence-corrected chi connectivity index (χ2v) is 5.87. The van der Waals surface area contributed by atoms with Gasteiger partial charge in [0, 0.05) is 11.8 Å². The summed E-state index contributed by atoms with van der Waals surface area (Å²) < 4.78 is 0. The van der Waals surface area contributed by atoms with Gasteiger partial charge < -0.3 is 0 Å². The molecular formula is C16H18O2. The van der Waals surface area contributed by atoms with E-state index < -0.39 is 0 Å². The molecule has 3 rings (SSSR count). The van der Waals surface area contributed by atoms with Crippen molar-refractivity contribution in [3.63, 3.8) is 0 Å². The van der Waals surface area contributed by atoms with Gasteiger partial charge in [0.2, 0.25) is 0 Å². The standard InChI is InChI=1S/C16H18O2/c1-9-6-12-10(2)8-11-4-3-5-13(17)15(11)16(12)14(18)7-9/h3,5,7-8,11-12,15-16H,4,6H2,1-2H3/t11-,12-,15-,16-/m1/s1. The first kappa shape index (κ1) is 11.6. The summed E-state index contributed by atoms with van der Waals surface area (Å²) in [7, 11) is 0. The van der Waals surface area contributed by atoms with Gasteiger partial charge in [-0.2, -0.15) is 0 Å². The van der Waals surface area contributed by atoms with Gasteiger partial charge in [-0.3, -0.25) is 9.59 Å². The molecule has 0 bridgehead atoms. The Morgan fingerprint density at radius 2 is 1.89 bits per heavy atom. The molecule has 2 nitrogen and oxygen atoms in total. The lowest BCUT2D eigenvalue weighted by Crippen LogP contribution is -2.44. The summed E-state index contributed by atoms with van der Waals surface area (Å²) in [4.78, 5) is 24.4. The van der Waals surface area contributed by atoms with Crippen LogP contribution in [0.5, 0.6) is 0 Å². The first-order valence-corrected chi connectivity index (χ1v) is 6.67. The molecule has 0 saturated carbocycles. The van der Waals surface area contributed by atoms with Crippen molar-refractivity contribution in [2.45, 2.75) is 26.7 Å². The van der Waals surface area contributed by atoms with Crippen LogP contribution < -0.4 is 0 Å². The minimum Gasteiger partial charge on any atom is -0.295 e. The fraction of sp³-hybridized carbons (Fsp3) is 0.500. The predicted octanol–water partition coefficient (Wildman–Crippen LogP) is 2.86. The number of hydrogen-bond acceptors (Lipinski definition) is 2. The fourth-order valence-corrected chi connectivity index (χ4v) is 3.83. The van der Waals surface area contributed by atoms with E-state index in [0.717, 1.165) is 18.4 Å². The third kappa shape index (κ3) is 1.63. The molecule has 0 saturated heterocycles. The van der Waals surface area contributed by atoms with E-state index in [0.29, 0.717) is 0 Å². The third-order valence-corrected chi connectivity index (χ3v) is 4.62. The van der Waals surface area contributed by atoms with Gasteiger partial charge in [-0.05, 0) is 50.7 Å². The van der Waals surface area contributed by atoms with Gasteiger partial charge >= 0.3 is 0 Å². The van der Waals surface area contributed by atoms with Crippen molar-refractivity contribution >= 4 is 11.6 Å². The van der Waals surface area contributed by atoms with Crippen molar-refractivity contribution < 1.29 is 9.59 Å². The lowest BCUT2D eigenvalue weighted by molar-refractivity contribution is -0.131. The molecule has 2 heteroatoms. The maximum atomic E-state index is 12.3. The summed E-state index contributed by atoms with van der Waals surface area (Å²) in [6, 6.07) is 0. The van der Waals surface area contributed by atoms with Crippen LogP contribution in [0.4, 0.5) is 0 Å². The zero-order valence-corrected chi connectivity index (χ0v) is 10.8. The van der Waals surface area contributed by atoms with Crippen LogP contribution in [0.2, 0.25) is 0 Å². The molecule has 0 unspecified atom stereocenters. The van der Waals surface area contributed by atoms with Crippen molar-refractivity contribution in [1.82, 2.24) is 0 Å². The first-order chi connectivity index (χ1) is 8.58. The fourth-order valence-electron chi connectivity index (χ4n) is 3.83. The summed E-state index contributed by atoms with van der Waals surface area (Å²) in [5, 5.41) is 0. The molecular weight excluding hydrogens is 224 g/mol. The second kappa shape index (κ2) is 4.04. The molecule has 0 aromatic rings. The molecule has 0 aromatic carbocycles. The Morgan fingerprint density at radius 1 is 1.11 bits per heavy atom. The molecule has 3 aliphatic rings. The summed E-state index contributed by atoms with van der Waals surface area (Å²) in [5.41, 5.74) is 2.44. The number of hydrogen-bond donors (Lipinski definition) is 0. The largest absolute Gasteiger partial charge is 0.295 e. The molecule has 0 N–H and O–H groups in total. The number of carbonyl (C=O) groups excluding carboxylic acids is 2. The van der Waals surface area contributed by atoms with Gasteiger partial charge in [0.25, 0.3) is 0 Å². The van der Waals surface area contributed by atoms with Crippen LogP contribution in [0.25, 0.3) is 0 Å². The zero-order valence-electron chi connectivity index (χ0n) is 10.8. The molecule has 4 atom stereocenters. The van der Waals surface area contributed by atoms with E-state index in [4.69, 9.17) is 0 Å². The molecule has 0 fully saturated rings. The molecule has 18 heavy (non-hydrogen) atoms. The van der Waals surface area contributed by atoms with Gasteiger partial charge in [-0.1, -0.05) is 23.3 Å². The van der Waals surface area contributed by atoms with E-state index in [1.807, 2.05) is 13.0 Å². The van der Waals surface area contributed by atoms with Crippen LogP contribution in [0, 0.1) is 23.7 Å². The van der Waals surface area contributed by atoms with Gasteiger partial charge in [0.15, 0.2) is 11.6 Å². The Labute approximate surface area is 107 Å². The quantitative estimate of drug-likeness (QED) is 0.612. The van der Waals surface area contributed by atoms with E-state index in [1.54, 1.807) is 12.2 Å². The lowest BCUT2D eigenvalue weighted by atomic mass is 9.59. The van der Waals surface area contributed by atoms with E-state index in [2.05, 4.69) is 13.0 Å². The van der Waals surface area contributed by atoms with Gasteiger partial charge in [-0.25, -0.2) is 0 Å². The summed E-state index contributed by atoms with van der Waals surface area (Å²) in [6.07, 6.45) is 9.43. The zero-order chi connectivity index (χ0) is 12.9. The van der Waals surface area contributed by atoms with E-state index in [-0.39, 0.29) is 35.2 Å². The maximum Gasteiger partial charge on any atom is 0.160 e. The monoisotopic (exact) mass is 242 g/mol. The highest BCUT2D eigenvalue weighted by molar-refractivity contribution is 6.01. The van der Waals surface area contributed by atoms with Gasteiger partial charge in [-0.15, -0.1) is 0 Å². The minimum absolute atomic E-state index is 0.110. The molecule has 0 radical (unpaired) electrons. The van der Waals surface area contributed by atoms with E-state index in [9.17, 15) is 9.59 Å². The Hall–Kier alpha value is -1.44. The van der Waals surface area contributed by atoms with E-state index in [1.165, 1.54) is 5.57 Å². The molecule has 0 heterocycles. The number of carbonyl (C=O) groups is 2. The minimum atomic E-state index is -0.111. The Kier molecular flexibility index (Phi) is 2.61. The number of allylic oxidation sites excluding steroid dienone is 6. The van der Waals surface area contributed by atoms with Crippen LogP contribution in [0.3, 0.4) is 0 Å². The van der Waals surface area contributed by atoms with E-state index >= 15 is 0 Å². The van der Waals surface area contributed by atoms with Crippen molar-refractivity contribution in [2.75, 3.05) is 0 Å². The average molecular weight is 242 g/mol. The lowest BCUT2D eigenvalue weighted by Gasteiger charge is -2.42. The van der Waals surface area contributed by atoms with Crippen LogP contribution in [-0.2, 0) is 9.59 Å². The SMILES string of the molecule is CC1=CC(=O)[C@@H]2[C@H]3C(=O)C=CC[C@@H]3C=C(C)[C@H]2C1. The molecule has 3 aliphatic carbocycles. The highest BCUT2D eigenvalue weighted by atomic mass is 16.1. The number of ketones is 2. The number of fused-ring (bicyclic) bond motifs is 3. The molecule has 0 amide bonds. The third-order valence-electron chi connectivity index (χ3n) is 4.62. The molecule has 94 valence electrons. The Bertz CT molecular complexity index is 507. The van der Waals surface area contributed by atoms with Crippen LogP contribution in [0.15, 0.2) is 35.5 Å². The molecule has 0 spiro atoms. The number of rotatable bonds is 0. The van der Waals surface area contributed by atoms with Crippen molar-refractivity contribution in [1.29, 1.82) is 0 Å².